The van der Waals surface area contributed by atoms with E-state index in [4.69, 9.17) is 4.74 Å². The van der Waals surface area contributed by atoms with Crippen LogP contribution in [-0.2, 0) is 23.1 Å². The van der Waals surface area contributed by atoms with Crippen molar-refractivity contribution in [1.29, 1.82) is 0 Å². The average molecular weight is 302 g/mol. The molecule has 0 aromatic heterocycles. The highest BCUT2D eigenvalue weighted by Gasteiger charge is 2.20. The van der Waals surface area contributed by atoms with Crippen molar-refractivity contribution < 1.29 is 4.74 Å². The second-order valence-corrected chi connectivity index (χ2v) is 7.71. The molecule has 2 aliphatic heterocycles. The number of nitrogens with zero attached hydrogens (tertiary/aromatic N) is 2. The number of benzene rings is 1. The molecule has 0 saturated carbocycles. The Morgan fingerprint density at radius 2 is 1.68 bits per heavy atom. The maximum atomic E-state index is 5.43. The standard InChI is InChI=1S/C19H30N2O/c1-19(2,3)18-5-4-16-6-7-21(15-17(16)14-18)9-8-20-10-12-22-13-11-20/h4-5,14H,6-13,15H2,1-3H3. The number of hydrogen-bond acceptors (Lipinski definition) is 3. The van der Waals surface area contributed by atoms with Crippen molar-refractivity contribution in [2.24, 2.45) is 0 Å². The Labute approximate surface area is 135 Å². The van der Waals surface area contributed by atoms with Crippen LogP contribution < -0.4 is 0 Å². The molecule has 1 aromatic rings. The molecule has 1 fully saturated rings. The number of morpholine rings is 1. The van der Waals surface area contributed by atoms with E-state index in [-0.39, 0.29) is 5.41 Å². The Balaban J connectivity index is 1.60. The maximum absolute atomic E-state index is 5.43. The maximum Gasteiger partial charge on any atom is 0.0594 e. The molecule has 0 N–H and O–H groups in total. The van der Waals surface area contributed by atoms with Gasteiger partial charge in [0.2, 0.25) is 0 Å². The van der Waals surface area contributed by atoms with Crippen LogP contribution in [-0.4, -0.2) is 55.7 Å². The van der Waals surface area contributed by atoms with E-state index in [0.717, 1.165) is 32.8 Å². The van der Waals surface area contributed by atoms with E-state index in [2.05, 4.69) is 48.8 Å². The Morgan fingerprint density at radius 3 is 2.41 bits per heavy atom. The fourth-order valence-electron chi connectivity index (χ4n) is 3.38. The molecule has 1 aromatic carbocycles. The first-order chi connectivity index (χ1) is 10.5. The lowest BCUT2D eigenvalue weighted by Crippen LogP contribution is -2.42. The summed E-state index contributed by atoms with van der Waals surface area (Å²) < 4.78 is 5.43. The lowest BCUT2D eigenvalue weighted by molar-refractivity contribution is 0.0327. The van der Waals surface area contributed by atoms with Crippen LogP contribution in [0.1, 0.15) is 37.5 Å². The van der Waals surface area contributed by atoms with Crippen molar-refractivity contribution in [3.8, 4) is 0 Å². The normalized spacial score (nSPS) is 20.9. The third-order valence-corrected chi connectivity index (χ3v) is 5.00. The predicted molar refractivity (Wildman–Crippen MR) is 91.4 cm³/mol. The second-order valence-electron chi connectivity index (χ2n) is 7.71. The van der Waals surface area contributed by atoms with Crippen LogP contribution in [0.2, 0.25) is 0 Å². The topological polar surface area (TPSA) is 15.7 Å². The molecule has 3 heteroatoms. The van der Waals surface area contributed by atoms with Crippen LogP contribution in [0.25, 0.3) is 0 Å². The smallest absolute Gasteiger partial charge is 0.0594 e. The molecular formula is C19H30N2O. The van der Waals surface area contributed by atoms with Crippen molar-refractivity contribution in [2.45, 2.75) is 39.2 Å². The molecule has 0 atom stereocenters. The summed E-state index contributed by atoms with van der Waals surface area (Å²) >= 11 is 0. The van der Waals surface area contributed by atoms with Gasteiger partial charge in [-0.25, -0.2) is 0 Å². The van der Waals surface area contributed by atoms with Gasteiger partial charge in [-0.2, -0.15) is 0 Å². The highest BCUT2D eigenvalue weighted by molar-refractivity contribution is 5.36. The first-order valence-corrected chi connectivity index (χ1v) is 8.67. The van der Waals surface area contributed by atoms with Gasteiger partial charge in [0.15, 0.2) is 0 Å². The van der Waals surface area contributed by atoms with Crippen molar-refractivity contribution in [3.63, 3.8) is 0 Å². The molecule has 22 heavy (non-hydrogen) atoms. The van der Waals surface area contributed by atoms with Crippen LogP contribution in [0.4, 0.5) is 0 Å². The number of hydrogen-bond donors (Lipinski definition) is 0. The highest BCUT2D eigenvalue weighted by atomic mass is 16.5. The molecule has 0 unspecified atom stereocenters. The Bertz CT molecular complexity index is 501. The zero-order chi connectivity index (χ0) is 15.6. The quantitative estimate of drug-likeness (QED) is 0.854. The first-order valence-electron chi connectivity index (χ1n) is 8.67. The van der Waals surface area contributed by atoms with Gasteiger partial charge in [-0.1, -0.05) is 39.0 Å². The number of rotatable bonds is 3. The van der Waals surface area contributed by atoms with Gasteiger partial charge >= 0.3 is 0 Å². The molecule has 0 amide bonds. The van der Waals surface area contributed by atoms with Gasteiger partial charge in [-0.15, -0.1) is 0 Å². The van der Waals surface area contributed by atoms with Gasteiger partial charge in [0.05, 0.1) is 13.2 Å². The lowest BCUT2D eigenvalue weighted by atomic mass is 9.84. The molecule has 3 nitrogen and oxygen atoms in total. The van der Waals surface area contributed by atoms with Crippen LogP contribution in [0, 0.1) is 0 Å². The SMILES string of the molecule is CC(C)(C)c1ccc2c(c1)CN(CCN1CCOCC1)CC2. The minimum Gasteiger partial charge on any atom is -0.379 e. The molecule has 0 aliphatic carbocycles. The molecule has 0 bridgehead atoms. The molecule has 0 spiro atoms. The molecule has 2 aliphatic rings. The molecule has 3 rings (SSSR count). The van der Waals surface area contributed by atoms with E-state index in [0.29, 0.717) is 0 Å². The number of fused-ring (bicyclic) bond motifs is 1. The monoisotopic (exact) mass is 302 g/mol. The minimum absolute atomic E-state index is 0.241. The van der Waals surface area contributed by atoms with Gasteiger partial charge in [0.25, 0.3) is 0 Å². The molecule has 122 valence electrons. The first kappa shape index (κ1) is 16.0. The van der Waals surface area contributed by atoms with E-state index in [1.165, 1.54) is 31.6 Å². The van der Waals surface area contributed by atoms with Crippen LogP contribution >= 0.6 is 0 Å². The van der Waals surface area contributed by atoms with Crippen molar-refractivity contribution >= 4 is 0 Å². The largest absolute Gasteiger partial charge is 0.379 e. The summed E-state index contributed by atoms with van der Waals surface area (Å²) in [5.41, 5.74) is 4.79. The Morgan fingerprint density at radius 1 is 0.955 bits per heavy atom. The summed E-state index contributed by atoms with van der Waals surface area (Å²) in [6, 6.07) is 7.12. The lowest BCUT2D eigenvalue weighted by Gasteiger charge is -2.33. The van der Waals surface area contributed by atoms with Gasteiger partial charge in [0, 0.05) is 39.3 Å². The Hall–Kier alpha value is -0.900. The third-order valence-electron chi connectivity index (χ3n) is 5.00. The Kier molecular flexibility index (Phi) is 4.86. The zero-order valence-electron chi connectivity index (χ0n) is 14.4. The van der Waals surface area contributed by atoms with Crippen LogP contribution in [0.3, 0.4) is 0 Å². The van der Waals surface area contributed by atoms with E-state index >= 15 is 0 Å². The second kappa shape index (κ2) is 6.69. The summed E-state index contributed by atoms with van der Waals surface area (Å²) in [7, 11) is 0. The predicted octanol–water partition coefficient (Wildman–Crippen LogP) is 2.67. The summed E-state index contributed by atoms with van der Waals surface area (Å²) in [4.78, 5) is 5.15. The van der Waals surface area contributed by atoms with Gasteiger partial charge in [-0.05, 0) is 28.5 Å². The number of ether oxygens (including phenoxy) is 1. The molecule has 1 saturated heterocycles. The molecular weight excluding hydrogens is 272 g/mol. The van der Waals surface area contributed by atoms with Crippen molar-refractivity contribution in [1.82, 2.24) is 9.80 Å². The van der Waals surface area contributed by atoms with Crippen molar-refractivity contribution in [2.75, 3.05) is 45.9 Å². The molecule has 2 heterocycles. The van der Waals surface area contributed by atoms with Crippen molar-refractivity contribution in [3.05, 3.63) is 34.9 Å². The summed E-state index contributed by atoms with van der Waals surface area (Å²) in [6.07, 6.45) is 1.20. The van der Waals surface area contributed by atoms with E-state index in [1.54, 1.807) is 11.1 Å². The molecule has 0 radical (unpaired) electrons. The average Bonchev–Trinajstić information content (AvgIpc) is 2.52. The summed E-state index contributed by atoms with van der Waals surface area (Å²) in [6.45, 7) is 15.6. The van der Waals surface area contributed by atoms with E-state index in [1.807, 2.05) is 0 Å². The van der Waals surface area contributed by atoms with Gasteiger partial charge < -0.3 is 4.74 Å². The van der Waals surface area contributed by atoms with Gasteiger partial charge in [-0.3, -0.25) is 9.80 Å². The fraction of sp³-hybridized carbons (Fsp3) is 0.684. The van der Waals surface area contributed by atoms with E-state index < -0.39 is 0 Å². The zero-order valence-corrected chi connectivity index (χ0v) is 14.4. The summed E-state index contributed by atoms with van der Waals surface area (Å²) in [5, 5.41) is 0. The van der Waals surface area contributed by atoms with Gasteiger partial charge in [0.1, 0.15) is 0 Å². The fourth-order valence-corrected chi connectivity index (χ4v) is 3.38. The highest BCUT2D eigenvalue weighted by Crippen LogP contribution is 2.27. The van der Waals surface area contributed by atoms with Crippen LogP contribution in [0.15, 0.2) is 18.2 Å². The van der Waals surface area contributed by atoms with E-state index in [9.17, 15) is 0 Å². The third kappa shape index (κ3) is 3.89. The minimum atomic E-state index is 0.241. The van der Waals surface area contributed by atoms with Crippen LogP contribution in [0.5, 0.6) is 0 Å². The summed E-state index contributed by atoms with van der Waals surface area (Å²) in [5.74, 6) is 0.